The molecule has 0 aliphatic rings. The van der Waals surface area contributed by atoms with Crippen molar-refractivity contribution in [3.8, 4) is 5.75 Å². The predicted octanol–water partition coefficient (Wildman–Crippen LogP) is 1.90. The quantitative estimate of drug-likeness (QED) is 0.320. The molecule has 2 heterocycles. The third kappa shape index (κ3) is 4.56. The van der Waals surface area contributed by atoms with Gasteiger partial charge in [0.25, 0.3) is 11.5 Å². The van der Waals surface area contributed by atoms with Gasteiger partial charge in [-0.25, -0.2) is 4.98 Å². The number of aromatic amines is 1. The van der Waals surface area contributed by atoms with Crippen LogP contribution in [0, 0.1) is 0 Å². The summed E-state index contributed by atoms with van der Waals surface area (Å²) in [5.74, 6) is -1.35. The standard InChI is InChI=1S/C21H19N3O5/c1-29-11-10-23-20(27)14-5-2-4-13(12-14)7-8-16(25)17-18(26)15-6-3-9-22-19(15)24-21(17)28/h2-9,12H,10-11H2,1H3,(H,23,27)(H2,22,24,26,28). The lowest BCUT2D eigenvalue weighted by Gasteiger charge is -2.05. The van der Waals surface area contributed by atoms with Gasteiger partial charge in [-0.1, -0.05) is 18.2 Å². The lowest BCUT2D eigenvalue weighted by molar-refractivity contribution is 0.0936. The van der Waals surface area contributed by atoms with E-state index in [2.05, 4.69) is 15.3 Å². The molecule has 0 saturated heterocycles. The summed E-state index contributed by atoms with van der Waals surface area (Å²) in [5.41, 5.74) is 0.122. The van der Waals surface area contributed by atoms with E-state index in [9.17, 15) is 19.5 Å². The molecule has 8 heteroatoms. The highest BCUT2D eigenvalue weighted by atomic mass is 16.5. The SMILES string of the molecule is COCCNC(=O)c1cccc(C=CC(=O)c2c(O)c3cccnc3[nH]c2=O)c1. The molecular formula is C21H19N3O5. The highest BCUT2D eigenvalue weighted by Gasteiger charge is 2.17. The number of allylic oxidation sites excluding steroid dienone is 1. The fourth-order valence-corrected chi connectivity index (χ4v) is 2.74. The number of carbonyl (C=O) groups excluding carboxylic acids is 2. The number of hydrogen-bond donors (Lipinski definition) is 3. The number of ether oxygens (including phenoxy) is 1. The molecule has 3 aromatic rings. The van der Waals surface area contributed by atoms with Gasteiger partial charge in [0.2, 0.25) is 0 Å². The average Bonchev–Trinajstić information content (AvgIpc) is 2.72. The molecule has 0 bridgehead atoms. The Bertz CT molecular complexity index is 1150. The molecule has 0 spiro atoms. The Hall–Kier alpha value is -3.78. The van der Waals surface area contributed by atoms with Crippen LogP contribution < -0.4 is 10.9 Å². The Morgan fingerprint density at radius 2 is 2.10 bits per heavy atom. The number of rotatable bonds is 7. The number of aromatic hydroxyl groups is 1. The van der Waals surface area contributed by atoms with Crippen LogP contribution in [0.3, 0.4) is 0 Å². The van der Waals surface area contributed by atoms with Gasteiger partial charge in [0.05, 0.1) is 12.0 Å². The van der Waals surface area contributed by atoms with Gasteiger partial charge in [-0.15, -0.1) is 0 Å². The topological polar surface area (TPSA) is 121 Å². The lowest BCUT2D eigenvalue weighted by Crippen LogP contribution is -2.26. The van der Waals surface area contributed by atoms with Gasteiger partial charge in [-0.2, -0.15) is 0 Å². The number of aromatic nitrogens is 2. The van der Waals surface area contributed by atoms with Crippen molar-refractivity contribution in [1.29, 1.82) is 0 Å². The number of methoxy groups -OCH3 is 1. The van der Waals surface area contributed by atoms with E-state index in [1.807, 2.05) is 0 Å². The molecule has 0 unspecified atom stereocenters. The number of benzene rings is 1. The highest BCUT2D eigenvalue weighted by molar-refractivity contribution is 6.10. The summed E-state index contributed by atoms with van der Waals surface area (Å²) in [5, 5.41) is 13.3. The van der Waals surface area contributed by atoms with Gasteiger partial charge in [0.1, 0.15) is 17.0 Å². The number of nitrogens with zero attached hydrogens (tertiary/aromatic N) is 1. The summed E-state index contributed by atoms with van der Waals surface area (Å²) in [4.78, 5) is 43.3. The van der Waals surface area contributed by atoms with Crippen LogP contribution in [0.25, 0.3) is 17.1 Å². The van der Waals surface area contributed by atoms with Crippen molar-refractivity contribution < 1.29 is 19.4 Å². The number of carbonyl (C=O) groups is 2. The summed E-state index contributed by atoms with van der Waals surface area (Å²) in [6.07, 6.45) is 4.12. The van der Waals surface area contributed by atoms with Gasteiger partial charge in [-0.05, 0) is 35.9 Å². The monoisotopic (exact) mass is 393 g/mol. The smallest absolute Gasteiger partial charge is 0.264 e. The third-order valence-corrected chi connectivity index (χ3v) is 4.17. The van der Waals surface area contributed by atoms with Gasteiger partial charge in [0.15, 0.2) is 5.78 Å². The zero-order chi connectivity index (χ0) is 20.8. The first-order valence-corrected chi connectivity index (χ1v) is 8.81. The molecule has 0 aliphatic heterocycles. The van der Waals surface area contributed by atoms with Crippen molar-refractivity contribution in [2.75, 3.05) is 20.3 Å². The van der Waals surface area contributed by atoms with Crippen LogP contribution >= 0.6 is 0 Å². The van der Waals surface area contributed by atoms with Crippen molar-refractivity contribution in [1.82, 2.24) is 15.3 Å². The summed E-state index contributed by atoms with van der Waals surface area (Å²) in [6.45, 7) is 0.784. The largest absolute Gasteiger partial charge is 0.506 e. The third-order valence-electron chi connectivity index (χ3n) is 4.17. The molecule has 0 saturated carbocycles. The number of fused-ring (bicyclic) bond motifs is 1. The first-order chi connectivity index (χ1) is 14.0. The van der Waals surface area contributed by atoms with E-state index in [0.29, 0.717) is 24.3 Å². The molecule has 0 atom stereocenters. The average molecular weight is 393 g/mol. The second-order valence-corrected chi connectivity index (χ2v) is 6.15. The fourth-order valence-electron chi connectivity index (χ4n) is 2.74. The van der Waals surface area contributed by atoms with Crippen LogP contribution in [0.5, 0.6) is 5.75 Å². The molecule has 0 radical (unpaired) electrons. The minimum atomic E-state index is -0.727. The van der Waals surface area contributed by atoms with Crippen molar-refractivity contribution >= 4 is 28.8 Å². The van der Waals surface area contributed by atoms with E-state index >= 15 is 0 Å². The zero-order valence-electron chi connectivity index (χ0n) is 15.6. The molecule has 29 heavy (non-hydrogen) atoms. The van der Waals surface area contributed by atoms with E-state index in [1.54, 1.807) is 43.5 Å². The maximum absolute atomic E-state index is 12.5. The normalized spacial score (nSPS) is 11.1. The van der Waals surface area contributed by atoms with Crippen LogP contribution in [-0.4, -0.2) is 47.0 Å². The molecule has 3 rings (SSSR count). The molecule has 1 amide bonds. The molecule has 0 fully saturated rings. The Kier molecular flexibility index (Phi) is 6.16. The molecule has 8 nitrogen and oxygen atoms in total. The van der Waals surface area contributed by atoms with Crippen molar-refractivity contribution in [3.05, 3.63) is 75.7 Å². The molecule has 148 valence electrons. The maximum Gasteiger partial charge on any atom is 0.264 e. The first kappa shape index (κ1) is 20.0. The van der Waals surface area contributed by atoms with Crippen molar-refractivity contribution in [2.24, 2.45) is 0 Å². The van der Waals surface area contributed by atoms with Crippen LogP contribution in [-0.2, 0) is 4.74 Å². The number of H-pyrrole nitrogens is 1. The first-order valence-electron chi connectivity index (χ1n) is 8.81. The van der Waals surface area contributed by atoms with Crippen LogP contribution in [0.15, 0.2) is 53.5 Å². The second-order valence-electron chi connectivity index (χ2n) is 6.15. The Morgan fingerprint density at radius 1 is 1.28 bits per heavy atom. The molecule has 2 aromatic heterocycles. The van der Waals surface area contributed by atoms with Crippen molar-refractivity contribution in [3.63, 3.8) is 0 Å². The number of hydrogen-bond acceptors (Lipinski definition) is 6. The molecule has 0 aliphatic carbocycles. The maximum atomic E-state index is 12.5. The van der Waals surface area contributed by atoms with E-state index in [0.717, 1.165) is 0 Å². The molecular weight excluding hydrogens is 374 g/mol. The summed E-state index contributed by atoms with van der Waals surface area (Å²) < 4.78 is 4.89. The van der Waals surface area contributed by atoms with Crippen LogP contribution in [0.4, 0.5) is 0 Å². The highest BCUT2D eigenvalue weighted by Crippen LogP contribution is 2.23. The zero-order valence-corrected chi connectivity index (χ0v) is 15.6. The minimum absolute atomic E-state index is 0.197. The number of amides is 1. The summed E-state index contributed by atoms with van der Waals surface area (Å²) >= 11 is 0. The number of ketones is 1. The van der Waals surface area contributed by atoms with Gasteiger partial charge in [0, 0.05) is 25.4 Å². The van der Waals surface area contributed by atoms with Crippen LogP contribution in [0.2, 0.25) is 0 Å². The number of pyridine rings is 2. The van der Waals surface area contributed by atoms with E-state index in [-0.39, 0.29) is 22.5 Å². The molecule has 3 N–H and O–H groups in total. The van der Waals surface area contributed by atoms with Gasteiger partial charge in [-0.3, -0.25) is 14.4 Å². The number of nitrogens with one attached hydrogen (secondary N) is 2. The Morgan fingerprint density at radius 3 is 2.90 bits per heavy atom. The predicted molar refractivity (Wildman–Crippen MR) is 108 cm³/mol. The van der Waals surface area contributed by atoms with Crippen LogP contribution in [0.1, 0.15) is 26.3 Å². The molecule has 1 aromatic carbocycles. The second kappa shape index (κ2) is 8.94. The van der Waals surface area contributed by atoms with E-state index in [4.69, 9.17) is 4.74 Å². The van der Waals surface area contributed by atoms with Crippen molar-refractivity contribution in [2.45, 2.75) is 0 Å². The van der Waals surface area contributed by atoms with E-state index in [1.165, 1.54) is 18.3 Å². The Labute approximate surface area is 165 Å². The van der Waals surface area contributed by atoms with Gasteiger partial charge < -0.3 is 20.1 Å². The Balaban J connectivity index is 1.83. The minimum Gasteiger partial charge on any atom is -0.506 e. The fraction of sp³-hybridized carbons (Fsp3) is 0.143. The van der Waals surface area contributed by atoms with E-state index < -0.39 is 17.1 Å². The summed E-state index contributed by atoms with van der Waals surface area (Å²) in [6, 6.07) is 9.80. The summed E-state index contributed by atoms with van der Waals surface area (Å²) in [7, 11) is 1.55. The van der Waals surface area contributed by atoms with Gasteiger partial charge >= 0.3 is 0 Å². The lowest BCUT2D eigenvalue weighted by atomic mass is 10.1.